The number of aromatic nitrogens is 2. The first kappa shape index (κ1) is 12.1. The molecule has 0 aliphatic heterocycles. The van der Waals surface area contributed by atoms with Gasteiger partial charge in [0.05, 0.1) is 11.1 Å². The molecule has 0 saturated heterocycles. The molecule has 0 bridgehead atoms. The van der Waals surface area contributed by atoms with E-state index in [9.17, 15) is 9.90 Å². The number of hydrogen-bond donors (Lipinski definition) is 1. The van der Waals surface area contributed by atoms with Crippen molar-refractivity contribution < 1.29 is 9.90 Å². The minimum Gasteiger partial charge on any atom is -0.478 e. The number of hydrogen-bond acceptors (Lipinski definition) is 3. The number of carbonyl (C=O) groups is 1. The summed E-state index contributed by atoms with van der Waals surface area (Å²) in [7, 11) is 0. The molecule has 21 heavy (non-hydrogen) atoms. The summed E-state index contributed by atoms with van der Waals surface area (Å²) in [5.74, 6) is -0.959. The van der Waals surface area contributed by atoms with Crippen molar-refractivity contribution in [3.05, 3.63) is 59.7 Å². The molecule has 0 fully saturated rings. The van der Waals surface area contributed by atoms with Crippen molar-refractivity contribution in [3.63, 3.8) is 0 Å². The summed E-state index contributed by atoms with van der Waals surface area (Å²) in [4.78, 5) is 15.5. The van der Waals surface area contributed by atoms with Crippen molar-refractivity contribution in [1.29, 1.82) is 0 Å². The Morgan fingerprint density at radius 1 is 1.19 bits per heavy atom. The van der Waals surface area contributed by atoms with Gasteiger partial charge in [0.25, 0.3) is 0 Å². The van der Waals surface area contributed by atoms with Gasteiger partial charge in [0.15, 0.2) is 0 Å². The summed E-state index contributed by atoms with van der Waals surface area (Å²) in [5.41, 5.74) is 2.51. The van der Waals surface area contributed by atoms with Gasteiger partial charge in [0.2, 0.25) is 0 Å². The third-order valence-corrected chi connectivity index (χ3v) is 4.42. The number of carboxylic acid groups (broad SMARTS) is 1. The van der Waals surface area contributed by atoms with E-state index in [1.54, 1.807) is 29.8 Å². The highest BCUT2D eigenvalue weighted by atomic mass is 32.1. The van der Waals surface area contributed by atoms with Crippen LogP contribution in [0.1, 0.15) is 10.4 Å². The molecular formula is C16H10N2O2S. The fourth-order valence-electron chi connectivity index (χ4n) is 2.52. The monoisotopic (exact) mass is 294 g/mol. The van der Waals surface area contributed by atoms with Crippen LogP contribution in [0.2, 0.25) is 0 Å². The van der Waals surface area contributed by atoms with Crippen molar-refractivity contribution in [2.75, 3.05) is 0 Å². The Kier molecular flexibility index (Phi) is 2.55. The molecular weight excluding hydrogens is 284 g/mol. The van der Waals surface area contributed by atoms with Crippen molar-refractivity contribution in [2.45, 2.75) is 0 Å². The Hall–Kier alpha value is -2.66. The predicted octanol–water partition coefficient (Wildman–Crippen LogP) is 3.94. The van der Waals surface area contributed by atoms with Gasteiger partial charge < -0.3 is 5.11 Å². The first-order chi connectivity index (χ1) is 10.2. The van der Waals surface area contributed by atoms with E-state index in [4.69, 9.17) is 0 Å². The van der Waals surface area contributed by atoms with Gasteiger partial charge in [-0.15, -0.1) is 11.3 Å². The Balaban J connectivity index is 1.98. The van der Waals surface area contributed by atoms with Crippen molar-refractivity contribution in [3.8, 4) is 5.69 Å². The number of imidazole rings is 1. The second-order valence-electron chi connectivity index (χ2n) is 4.74. The van der Waals surface area contributed by atoms with E-state index < -0.39 is 5.97 Å². The SMILES string of the molecule is O=C(O)c1cccc2c1ncn2-c1ccc2sccc2c1. The number of nitrogens with zero attached hydrogens (tertiary/aromatic N) is 2. The lowest BCUT2D eigenvalue weighted by molar-refractivity contribution is 0.0699. The van der Waals surface area contributed by atoms with Gasteiger partial charge in [0.1, 0.15) is 11.8 Å². The fourth-order valence-corrected chi connectivity index (χ4v) is 3.29. The molecule has 0 atom stereocenters. The second kappa shape index (κ2) is 4.43. The third kappa shape index (κ3) is 1.82. The maximum absolute atomic E-state index is 11.3. The van der Waals surface area contributed by atoms with Gasteiger partial charge >= 0.3 is 5.97 Å². The van der Waals surface area contributed by atoms with Crippen LogP contribution in [0, 0.1) is 0 Å². The summed E-state index contributed by atoms with van der Waals surface area (Å²) in [6.07, 6.45) is 1.67. The molecule has 0 amide bonds. The number of benzene rings is 2. The number of carboxylic acids is 1. The number of rotatable bonds is 2. The Morgan fingerprint density at radius 2 is 2.10 bits per heavy atom. The van der Waals surface area contributed by atoms with Crippen LogP contribution >= 0.6 is 11.3 Å². The Bertz CT molecular complexity index is 984. The molecule has 0 aliphatic rings. The van der Waals surface area contributed by atoms with Gasteiger partial charge in [-0.3, -0.25) is 4.57 Å². The summed E-state index contributed by atoms with van der Waals surface area (Å²) in [6, 6.07) is 13.4. The first-order valence-corrected chi connectivity index (χ1v) is 7.29. The molecule has 102 valence electrons. The highest BCUT2D eigenvalue weighted by Gasteiger charge is 2.13. The molecule has 0 spiro atoms. The molecule has 1 N–H and O–H groups in total. The average Bonchev–Trinajstić information content (AvgIpc) is 3.12. The maximum atomic E-state index is 11.3. The van der Waals surface area contributed by atoms with Crippen LogP contribution in [0.4, 0.5) is 0 Å². The van der Waals surface area contributed by atoms with Crippen LogP contribution in [0.3, 0.4) is 0 Å². The van der Waals surface area contributed by atoms with Gasteiger partial charge in [-0.2, -0.15) is 0 Å². The first-order valence-electron chi connectivity index (χ1n) is 6.41. The molecule has 5 heteroatoms. The zero-order valence-electron chi connectivity index (χ0n) is 10.9. The zero-order chi connectivity index (χ0) is 14.4. The van der Waals surface area contributed by atoms with E-state index in [0.29, 0.717) is 5.52 Å². The van der Waals surface area contributed by atoms with E-state index >= 15 is 0 Å². The van der Waals surface area contributed by atoms with E-state index in [1.165, 1.54) is 10.1 Å². The second-order valence-corrected chi connectivity index (χ2v) is 5.68. The quantitative estimate of drug-likeness (QED) is 0.609. The van der Waals surface area contributed by atoms with Crippen molar-refractivity contribution in [2.24, 2.45) is 0 Å². The lowest BCUT2D eigenvalue weighted by Gasteiger charge is -2.05. The Labute approximate surface area is 123 Å². The third-order valence-electron chi connectivity index (χ3n) is 3.52. The van der Waals surface area contributed by atoms with Crippen LogP contribution in [0.5, 0.6) is 0 Å². The van der Waals surface area contributed by atoms with Crippen molar-refractivity contribution >= 4 is 38.4 Å². The highest BCUT2D eigenvalue weighted by molar-refractivity contribution is 7.17. The van der Waals surface area contributed by atoms with E-state index in [-0.39, 0.29) is 5.56 Å². The standard InChI is InChI=1S/C16H10N2O2S/c19-16(20)12-2-1-3-13-15(12)17-9-18(13)11-4-5-14-10(8-11)6-7-21-14/h1-9H,(H,19,20). The van der Waals surface area contributed by atoms with Crippen LogP contribution in [-0.2, 0) is 0 Å². The number of para-hydroxylation sites is 1. The minimum absolute atomic E-state index is 0.225. The van der Waals surface area contributed by atoms with E-state index in [0.717, 1.165) is 11.2 Å². The van der Waals surface area contributed by atoms with Gasteiger partial charge in [-0.25, -0.2) is 9.78 Å². The predicted molar refractivity (Wildman–Crippen MR) is 83.4 cm³/mol. The van der Waals surface area contributed by atoms with E-state index in [1.807, 2.05) is 16.7 Å². The summed E-state index contributed by atoms with van der Waals surface area (Å²) < 4.78 is 3.15. The summed E-state index contributed by atoms with van der Waals surface area (Å²) in [6.45, 7) is 0. The lowest BCUT2D eigenvalue weighted by Crippen LogP contribution is -1.97. The smallest absolute Gasteiger partial charge is 0.337 e. The molecule has 4 nitrogen and oxygen atoms in total. The average molecular weight is 294 g/mol. The minimum atomic E-state index is -0.959. The maximum Gasteiger partial charge on any atom is 0.337 e. The van der Waals surface area contributed by atoms with Gasteiger partial charge in [-0.05, 0) is 47.2 Å². The summed E-state index contributed by atoms with van der Waals surface area (Å²) in [5, 5.41) is 12.5. The van der Waals surface area contributed by atoms with Crippen LogP contribution in [0.15, 0.2) is 54.2 Å². The number of thiophene rings is 1. The Morgan fingerprint density at radius 3 is 2.95 bits per heavy atom. The van der Waals surface area contributed by atoms with Crippen LogP contribution < -0.4 is 0 Å². The topological polar surface area (TPSA) is 55.1 Å². The zero-order valence-corrected chi connectivity index (χ0v) is 11.7. The largest absolute Gasteiger partial charge is 0.478 e. The normalized spacial score (nSPS) is 11.2. The van der Waals surface area contributed by atoms with Crippen LogP contribution in [-0.4, -0.2) is 20.6 Å². The molecule has 2 aromatic carbocycles. The fraction of sp³-hybridized carbons (Fsp3) is 0. The molecule has 0 aliphatic carbocycles. The molecule has 0 saturated carbocycles. The van der Waals surface area contributed by atoms with Gasteiger partial charge in [-0.1, -0.05) is 6.07 Å². The highest BCUT2D eigenvalue weighted by Crippen LogP contribution is 2.26. The summed E-state index contributed by atoms with van der Waals surface area (Å²) >= 11 is 1.70. The molecule has 0 unspecified atom stereocenters. The molecule has 2 heterocycles. The van der Waals surface area contributed by atoms with Crippen LogP contribution in [0.25, 0.3) is 26.8 Å². The van der Waals surface area contributed by atoms with Gasteiger partial charge in [0, 0.05) is 10.4 Å². The molecule has 4 aromatic rings. The number of fused-ring (bicyclic) bond motifs is 2. The molecule has 4 rings (SSSR count). The number of aromatic carboxylic acids is 1. The van der Waals surface area contributed by atoms with E-state index in [2.05, 4.69) is 28.6 Å². The molecule has 2 aromatic heterocycles. The molecule has 0 radical (unpaired) electrons. The van der Waals surface area contributed by atoms with Crippen molar-refractivity contribution in [1.82, 2.24) is 9.55 Å². The lowest BCUT2D eigenvalue weighted by atomic mass is 10.2.